The summed E-state index contributed by atoms with van der Waals surface area (Å²) in [6.07, 6.45) is 9.35. The predicted octanol–water partition coefficient (Wildman–Crippen LogP) is 16.7. The molecule has 0 radical (unpaired) electrons. The highest BCUT2D eigenvalue weighted by Crippen LogP contribution is 2.49. The molecule has 9 aromatic rings. The molecule has 4 N–H and O–H groups in total. The standard InChI is InChI=1S/C25H27N3O4S.C23H25N3O4S2.C22H23N3O2S.3C2H6/c1-3-32-25(30)26-19-14-17-16(13-21(19)31-2)8-11-28-20(24(29)27-9-4-5-10-27)15-18(23(17)28)22-7-6-12-33-22;1-30-20-12-15-7-10-26-19(23(27)25-8-3-4-9-25)14-17(21-6-5-11-31-21)22(26)16(15)13-18(20)24-32(2,28)29;1-27-19-11-14-6-9-25-18(22(26)24-7-2-3-8-24)13-16(20-5-4-10-28-20)21(25)15(14)12-17(19)23;3*1-2/h6-7,12-15H,3-5,8-11H2,1-2H3,(H,26,30);5-6,11-14,24H,3-4,7-10H2,1-2H3;4-5,10-13H,2-3,6-9,23H2,1H3;3*1-2H3. The van der Waals surface area contributed by atoms with Crippen LogP contribution in [0.2, 0.25) is 0 Å². The van der Waals surface area contributed by atoms with E-state index in [1.807, 2.05) is 128 Å². The van der Waals surface area contributed by atoms with Crippen LogP contribution in [0.4, 0.5) is 21.9 Å². The second-order valence-electron chi connectivity index (χ2n) is 23.9. The Morgan fingerprint density at radius 2 is 0.798 bits per heavy atom. The van der Waals surface area contributed by atoms with Crippen LogP contribution in [-0.2, 0) is 53.7 Å². The summed E-state index contributed by atoms with van der Waals surface area (Å²) in [6.45, 7) is 21.2. The number of nitrogens with one attached hydrogen (secondary N) is 2. The molecule has 3 fully saturated rings. The van der Waals surface area contributed by atoms with Gasteiger partial charge in [-0.25, -0.2) is 13.2 Å². The Morgan fingerprint density at radius 3 is 1.12 bits per heavy atom. The van der Waals surface area contributed by atoms with Crippen LogP contribution in [0.15, 0.2) is 107 Å². The molecule has 19 nitrogen and oxygen atoms in total. The number of hydrogen-bond donors (Lipinski definition) is 3. The Balaban J connectivity index is 0.000000155. The van der Waals surface area contributed by atoms with Gasteiger partial charge in [-0.1, -0.05) is 59.7 Å². The van der Waals surface area contributed by atoms with Crippen LogP contribution < -0.4 is 30.0 Å². The number of carbonyl (C=O) groups excluding carboxylic acids is 4. The summed E-state index contributed by atoms with van der Waals surface area (Å²) >= 11 is 4.98. The summed E-state index contributed by atoms with van der Waals surface area (Å²) in [5.41, 5.74) is 22.7. The van der Waals surface area contributed by atoms with Crippen molar-refractivity contribution >= 4 is 84.9 Å². The normalized spacial score (nSPS) is 14.4. The van der Waals surface area contributed by atoms with Crippen LogP contribution >= 0.6 is 34.0 Å². The van der Waals surface area contributed by atoms with Gasteiger partial charge < -0.3 is 53.1 Å². The first kappa shape index (κ1) is 73.0. The molecule has 3 saturated heterocycles. The number of fused-ring (bicyclic) bond motifs is 9. The highest BCUT2D eigenvalue weighted by molar-refractivity contribution is 7.92. The number of nitrogens with zero attached hydrogens (tertiary/aromatic N) is 6. The summed E-state index contributed by atoms with van der Waals surface area (Å²) < 4.78 is 54.5. The second-order valence-corrected chi connectivity index (χ2v) is 28.5. The molecule has 6 aliphatic rings. The van der Waals surface area contributed by atoms with E-state index in [1.54, 1.807) is 55.2 Å². The van der Waals surface area contributed by atoms with Crippen LogP contribution in [0.1, 0.15) is 135 Å². The minimum absolute atomic E-state index is 0.0676. The maximum absolute atomic E-state index is 13.4. The van der Waals surface area contributed by atoms with Crippen LogP contribution in [0.25, 0.3) is 65.1 Å². The molecule has 0 spiro atoms. The molecule has 23 heteroatoms. The van der Waals surface area contributed by atoms with E-state index in [0.717, 1.165) is 199 Å². The first-order chi connectivity index (χ1) is 48.1. The van der Waals surface area contributed by atoms with E-state index in [0.29, 0.717) is 46.5 Å². The Hall–Kier alpha value is -8.77. The van der Waals surface area contributed by atoms with Crippen molar-refractivity contribution < 1.29 is 46.5 Å². The number of amides is 4. The smallest absolute Gasteiger partial charge is 0.411 e. The fraction of sp³-hybridized carbons (Fsp3) is 0.395. The highest BCUT2D eigenvalue weighted by atomic mass is 32.2. The van der Waals surface area contributed by atoms with Crippen molar-refractivity contribution in [2.45, 2.75) is 126 Å². The maximum Gasteiger partial charge on any atom is 0.411 e. The van der Waals surface area contributed by atoms with Crippen molar-refractivity contribution in [2.75, 3.05) is 89.2 Å². The minimum atomic E-state index is -3.48. The third-order valence-electron chi connectivity index (χ3n) is 18.2. The lowest BCUT2D eigenvalue weighted by molar-refractivity contribution is 0.0774. The topological polar surface area (TPSA) is 214 Å². The van der Waals surface area contributed by atoms with Crippen molar-refractivity contribution in [3.05, 3.63) is 141 Å². The van der Waals surface area contributed by atoms with Crippen molar-refractivity contribution in [1.82, 2.24) is 28.4 Å². The molecule has 0 bridgehead atoms. The van der Waals surface area contributed by atoms with Gasteiger partial charge in [-0.3, -0.25) is 24.4 Å². The third-order valence-corrected chi connectivity index (χ3v) is 21.5. The molecular weight excluding hydrogens is 1330 g/mol. The van der Waals surface area contributed by atoms with E-state index in [4.69, 9.17) is 24.7 Å². The number of benzene rings is 3. The number of aromatic nitrogens is 3. The third kappa shape index (κ3) is 15.4. The van der Waals surface area contributed by atoms with Gasteiger partial charge in [0.25, 0.3) is 17.7 Å². The van der Waals surface area contributed by atoms with Gasteiger partial charge in [0.05, 0.1) is 68.3 Å². The minimum Gasteiger partial charge on any atom is -0.495 e. The summed E-state index contributed by atoms with van der Waals surface area (Å²) in [5.74, 6) is 2.10. The van der Waals surface area contributed by atoms with Gasteiger partial charge in [0, 0.05) is 107 Å². The fourth-order valence-electron chi connectivity index (χ4n) is 13.9. The maximum atomic E-state index is 13.4. The van der Waals surface area contributed by atoms with Crippen LogP contribution in [-0.4, -0.2) is 134 Å². The molecule has 99 heavy (non-hydrogen) atoms. The SMILES string of the molecule is CC.CC.CC.CCOC(=O)Nc1cc2c(cc1OC)CCn1c(C(=O)N3CCCC3)cc(-c3cccs3)c1-2.COc1cc2c(cc1N)-c1c(-c3cccs3)cc(C(=O)N3CCCC3)n1CC2.COc1cc2c(cc1NS(C)(=O)=O)-c1c(-c3cccs3)cc(C(=O)N3CCCC3)n1CC2. The Labute approximate surface area is 594 Å². The number of methoxy groups -OCH3 is 3. The number of carbonyl (C=O) groups is 4. The van der Waals surface area contributed by atoms with Gasteiger partial charge in [0.1, 0.15) is 34.3 Å². The Kier molecular flexibility index (Phi) is 24.3. The molecule has 0 saturated carbocycles. The summed E-state index contributed by atoms with van der Waals surface area (Å²) in [6, 6.07) is 30.2. The Bertz CT molecular complexity index is 4420. The molecule has 4 amide bonds. The molecule has 526 valence electrons. The molecule has 0 unspecified atom stereocenters. The first-order valence-corrected chi connectivity index (χ1v) is 39.2. The highest BCUT2D eigenvalue weighted by Gasteiger charge is 2.35. The zero-order chi connectivity index (χ0) is 70.7. The quantitative estimate of drug-likeness (QED) is 0.0923. The number of nitrogen functional groups attached to an aromatic ring is 1. The largest absolute Gasteiger partial charge is 0.495 e. The van der Waals surface area contributed by atoms with E-state index in [2.05, 4.69) is 59.5 Å². The number of hydrogen-bond acceptors (Lipinski definition) is 14. The monoisotopic (exact) mass is 1420 g/mol. The Morgan fingerprint density at radius 1 is 0.465 bits per heavy atom. The number of aryl methyl sites for hydroxylation is 3. The van der Waals surface area contributed by atoms with Gasteiger partial charge in [-0.2, -0.15) is 0 Å². The second kappa shape index (κ2) is 32.9. The average molecular weight is 1420 g/mol. The lowest BCUT2D eigenvalue weighted by atomic mass is 9.94. The van der Waals surface area contributed by atoms with Gasteiger partial charge in [-0.05, 0) is 170 Å². The molecule has 0 aliphatic carbocycles. The predicted molar refractivity (Wildman–Crippen MR) is 403 cm³/mol. The zero-order valence-electron chi connectivity index (χ0n) is 58.8. The number of anilines is 3. The average Bonchev–Trinajstić information content (AvgIpc) is 1.45. The number of sulfonamides is 1. The number of nitrogens with two attached hydrogens (primary N) is 1. The van der Waals surface area contributed by atoms with Crippen molar-refractivity contribution in [3.8, 4) is 82.3 Å². The van der Waals surface area contributed by atoms with Gasteiger partial charge in [0.15, 0.2) is 0 Å². The molecule has 12 heterocycles. The van der Waals surface area contributed by atoms with Crippen molar-refractivity contribution in [2.24, 2.45) is 0 Å². The molecule has 0 atom stereocenters. The van der Waals surface area contributed by atoms with Crippen molar-refractivity contribution in [1.29, 1.82) is 0 Å². The number of ether oxygens (including phenoxy) is 4. The van der Waals surface area contributed by atoms with E-state index in [9.17, 15) is 27.6 Å². The molecule has 3 aromatic carbocycles. The van der Waals surface area contributed by atoms with Crippen LogP contribution in [0.5, 0.6) is 17.2 Å². The molecule has 15 rings (SSSR count). The van der Waals surface area contributed by atoms with Crippen LogP contribution in [0, 0.1) is 0 Å². The fourth-order valence-corrected chi connectivity index (χ4v) is 16.7. The lowest BCUT2D eigenvalue weighted by Crippen LogP contribution is -2.30. The van der Waals surface area contributed by atoms with E-state index >= 15 is 0 Å². The van der Waals surface area contributed by atoms with Crippen LogP contribution in [0.3, 0.4) is 0 Å². The van der Waals surface area contributed by atoms with Gasteiger partial charge in [-0.15, -0.1) is 34.0 Å². The van der Waals surface area contributed by atoms with E-state index < -0.39 is 16.1 Å². The number of likely N-dealkylation sites (tertiary alicyclic amines) is 3. The van der Waals surface area contributed by atoms with E-state index in [-0.39, 0.29) is 24.3 Å². The lowest BCUT2D eigenvalue weighted by Gasteiger charge is -2.25. The van der Waals surface area contributed by atoms with Gasteiger partial charge in [0.2, 0.25) is 10.0 Å². The summed E-state index contributed by atoms with van der Waals surface area (Å²) in [5, 5.41) is 8.95. The molecule has 6 aliphatic heterocycles. The summed E-state index contributed by atoms with van der Waals surface area (Å²) in [7, 11) is 1.29. The van der Waals surface area contributed by atoms with E-state index in [1.165, 1.54) is 17.6 Å². The van der Waals surface area contributed by atoms with Crippen molar-refractivity contribution in [3.63, 3.8) is 0 Å². The number of rotatable bonds is 13. The summed E-state index contributed by atoms with van der Waals surface area (Å²) in [4.78, 5) is 61.4. The molecular formula is C76H93N9O10S4. The zero-order valence-corrected chi connectivity index (χ0v) is 62.1. The first-order valence-electron chi connectivity index (χ1n) is 34.6. The number of thiophene rings is 3. The molecule has 6 aromatic heterocycles. The van der Waals surface area contributed by atoms with Gasteiger partial charge >= 0.3 is 6.09 Å².